The van der Waals surface area contributed by atoms with Gasteiger partial charge in [-0.05, 0) is 42.3 Å². The zero-order chi connectivity index (χ0) is 14.5. The molecule has 0 unspecified atom stereocenters. The Balaban J connectivity index is 2.27. The van der Waals surface area contributed by atoms with Gasteiger partial charge >= 0.3 is 0 Å². The fraction of sp³-hybridized carbons (Fsp3) is 0.188. The molecule has 0 fully saturated rings. The SMILES string of the molecule is CCc1cc(Nc2cccc(OC)c2)ccc1C(N)=O. The summed E-state index contributed by atoms with van der Waals surface area (Å²) in [5.41, 5.74) is 8.71. The second-order valence-corrected chi connectivity index (χ2v) is 4.45. The number of nitrogens with one attached hydrogen (secondary N) is 1. The van der Waals surface area contributed by atoms with Gasteiger partial charge in [-0.3, -0.25) is 4.79 Å². The summed E-state index contributed by atoms with van der Waals surface area (Å²) in [4.78, 5) is 11.3. The van der Waals surface area contributed by atoms with Crippen LogP contribution < -0.4 is 15.8 Å². The summed E-state index contributed by atoms with van der Waals surface area (Å²) in [6.45, 7) is 2.00. The van der Waals surface area contributed by atoms with Gasteiger partial charge in [0.25, 0.3) is 0 Å². The quantitative estimate of drug-likeness (QED) is 0.877. The second-order valence-electron chi connectivity index (χ2n) is 4.45. The molecule has 0 aliphatic rings. The molecule has 0 bridgehead atoms. The number of ether oxygens (including phenoxy) is 1. The number of amides is 1. The van der Waals surface area contributed by atoms with E-state index in [2.05, 4.69) is 5.32 Å². The topological polar surface area (TPSA) is 64.3 Å². The molecule has 0 spiro atoms. The van der Waals surface area contributed by atoms with Crippen LogP contribution in [0.3, 0.4) is 0 Å². The number of hydrogen-bond donors (Lipinski definition) is 2. The van der Waals surface area contributed by atoms with Gasteiger partial charge in [0.1, 0.15) is 5.75 Å². The van der Waals surface area contributed by atoms with Crippen LogP contribution in [-0.2, 0) is 6.42 Å². The Labute approximate surface area is 118 Å². The highest BCUT2D eigenvalue weighted by molar-refractivity contribution is 5.94. The third-order valence-electron chi connectivity index (χ3n) is 3.11. The summed E-state index contributed by atoms with van der Waals surface area (Å²) >= 11 is 0. The van der Waals surface area contributed by atoms with Gasteiger partial charge in [-0.2, -0.15) is 0 Å². The van der Waals surface area contributed by atoms with E-state index in [9.17, 15) is 4.79 Å². The number of carbonyl (C=O) groups is 1. The van der Waals surface area contributed by atoms with Crippen LogP contribution in [0.1, 0.15) is 22.8 Å². The molecule has 1 amide bonds. The van der Waals surface area contributed by atoms with E-state index in [4.69, 9.17) is 10.5 Å². The standard InChI is InChI=1S/C16H18N2O2/c1-3-11-9-13(7-8-15(11)16(17)19)18-12-5-4-6-14(10-12)20-2/h4-10,18H,3H2,1-2H3,(H2,17,19). The summed E-state index contributed by atoms with van der Waals surface area (Å²) in [5.74, 6) is 0.397. The molecule has 4 nitrogen and oxygen atoms in total. The Morgan fingerprint density at radius 2 is 1.95 bits per heavy atom. The Kier molecular flexibility index (Phi) is 4.25. The average molecular weight is 270 g/mol. The van der Waals surface area contributed by atoms with Gasteiger partial charge in [0.2, 0.25) is 5.91 Å². The zero-order valence-corrected chi connectivity index (χ0v) is 11.6. The molecule has 4 heteroatoms. The molecule has 0 atom stereocenters. The Bertz CT molecular complexity index is 624. The average Bonchev–Trinajstić information content (AvgIpc) is 2.47. The fourth-order valence-electron chi connectivity index (χ4n) is 2.07. The number of benzene rings is 2. The molecule has 0 saturated heterocycles. The number of methoxy groups -OCH3 is 1. The molecule has 20 heavy (non-hydrogen) atoms. The number of anilines is 2. The molecule has 0 radical (unpaired) electrons. The summed E-state index contributed by atoms with van der Waals surface area (Å²) in [5, 5.41) is 3.29. The molecule has 2 aromatic carbocycles. The molecule has 2 aromatic rings. The highest BCUT2D eigenvalue weighted by Gasteiger charge is 2.07. The van der Waals surface area contributed by atoms with Crippen LogP contribution in [0.4, 0.5) is 11.4 Å². The Morgan fingerprint density at radius 3 is 2.60 bits per heavy atom. The van der Waals surface area contributed by atoms with E-state index in [0.29, 0.717) is 5.56 Å². The third kappa shape index (κ3) is 3.09. The molecule has 0 aliphatic heterocycles. The van der Waals surface area contributed by atoms with E-state index in [1.807, 2.05) is 43.3 Å². The van der Waals surface area contributed by atoms with E-state index in [1.54, 1.807) is 13.2 Å². The maximum atomic E-state index is 11.3. The van der Waals surface area contributed by atoms with Crippen molar-refractivity contribution in [1.82, 2.24) is 0 Å². The van der Waals surface area contributed by atoms with Crippen molar-refractivity contribution in [2.24, 2.45) is 5.73 Å². The first-order valence-corrected chi connectivity index (χ1v) is 6.48. The van der Waals surface area contributed by atoms with Crippen molar-refractivity contribution < 1.29 is 9.53 Å². The lowest BCUT2D eigenvalue weighted by Gasteiger charge is -2.11. The van der Waals surface area contributed by atoms with Crippen LogP contribution in [0.15, 0.2) is 42.5 Å². The van der Waals surface area contributed by atoms with E-state index in [1.165, 1.54) is 0 Å². The first kappa shape index (κ1) is 13.9. The zero-order valence-electron chi connectivity index (χ0n) is 11.6. The minimum atomic E-state index is -0.394. The van der Waals surface area contributed by atoms with E-state index in [-0.39, 0.29) is 0 Å². The summed E-state index contributed by atoms with van der Waals surface area (Å²) in [6, 6.07) is 13.2. The van der Waals surface area contributed by atoms with E-state index >= 15 is 0 Å². The van der Waals surface area contributed by atoms with Gasteiger partial charge in [-0.15, -0.1) is 0 Å². The number of aryl methyl sites for hydroxylation is 1. The normalized spacial score (nSPS) is 10.1. The highest BCUT2D eigenvalue weighted by Crippen LogP contribution is 2.23. The largest absolute Gasteiger partial charge is 0.497 e. The van der Waals surface area contributed by atoms with Crippen LogP contribution in [0.5, 0.6) is 5.75 Å². The monoisotopic (exact) mass is 270 g/mol. The maximum Gasteiger partial charge on any atom is 0.248 e. The van der Waals surface area contributed by atoms with Crippen LogP contribution in [-0.4, -0.2) is 13.0 Å². The van der Waals surface area contributed by atoms with Crippen LogP contribution in [0.25, 0.3) is 0 Å². The minimum Gasteiger partial charge on any atom is -0.497 e. The van der Waals surface area contributed by atoms with Gasteiger partial charge in [0, 0.05) is 23.0 Å². The van der Waals surface area contributed by atoms with Gasteiger partial charge in [-0.25, -0.2) is 0 Å². The van der Waals surface area contributed by atoms with Gasteiger partial charge in [-0.1, -0.05) is 13.0 Å². The first-order chi connectivity index (χ1) is 9.63. The number of nitrogens with two attached hydrogens (primary N) is 1. The Hall–Kier alpha value is -2.49. The molecule has 0 aliphatic carbocycles. The van der Waals surface area contributed by atoms with E-state index in [0.717, 1.165) is 29.1 Å². The molecule has 0 aromatic heterocycles. The predicted molar refractivity (Wildman–Crippen MR) is 80.6 cm³/mol. The Morgan fingerprint density at radius 1 is 1.20 bits per heavy atom. The second kappa shape index (κ2) is 6.10. The molecule has 3 N–H and O–H groups in total. The number of hydrogen-bond acceptors (Lipinski definition) is 3. The van der Waals surface area contributed by atoms with Crippen molar-refractivity contribution in [2.75, 3.05) is 12.4 Å². The van der Waals surface area contributed by atoms with E-state index < -0.39 is 5.91 Å². The molecule has 0 saturated carbocycles. The van der Waals surface area contributed by atoms with Crippen molar-refractivity contribution in [3.05, 3.63) is 53.6 Å². The third-order valence-corrected chi connectivity index (χ3v) is 3.11. The van der Waals surface area contributed by atoms with Crippen molar-refractivity contribution in [3.8, 4) is 5.75 Å². The number of rotatable bonds is 5. The smallest absolute Gasteiger partial charge is 0.248 e. The molecule has 104 valence electrons. The van der Waals surface area contributed by atoms with Gasteiger partial charge in [0.05, 0.1) is 7.11 Å². The van der Waals surface area contributed by atoms with Crippen molar-refractivity contribution in [1.29, 1.82) is 0 Å². The lowest BCUT2D eigenvalue weighted by atomic mass is 10.0. The van der Waals surface area contributed by atoms with Crippen molar-refractivity contribution >= 4 is 17.3 Å². The maximum absolute atomic E-state index is 11.3. The molecule has 0 heterocycles. The molecular formula is C16H18N2O2. The van der Waals surface area contributed by atoms with Crippen LogP contribution >= 0.6 is 0 Å². The summed E-state index contributed by atoms with van der Waals surface area (Å²) in [6.07, 6.45) is 0.756. The first-order valence-electron chi connectivity index (χ1n) is 6.48. The van der Waals surface area contributed by atoms with Gasteiger partial charge in [0.15, 0.2) is 0 Å². The minimum absolute atomic E-state index is 0.394. The lowest BCUT2D eigenvalue weighted by Crippen LogP contribution is -2.13. The van der Waals surface area contributed by atoms with Crippen molar-refractivity contribution in [3.63, 3.8) is 0 Å². The number of primary amides is 1. The molecular weight excluding hydrogens is 252 g/mol. The predicted octanol–water partition coefficient (Wildman–Crippen LogP) is 3.10. The van der Waals surface area contributed by atoms with Crippen molar-refractivity contribution in [2.45, 2.75) is 13.3 Å². The summed E-state index contributed by atoms with van der Waals surface area (Å²) < 4.78 is 5.19. The highest BCUT2D eigenvalue weighted by atomic mass is 16.5. The van der Waals surface area contributed by atoms with Crippen LogP contribution in [0, 0.1) is 0 Å². The summed E-state index contributed by atoms with van der Waals surface area (Å²) in [7, 11) is 1.63. The number of carbonyl (C=O) groups excluding carboxylic acids is 1. The lowest BCUT2D eigenvalue weighted by molar-refractivity contribution is 0.0999. The van der Waals surface area contributed by atoms with Gasteiger partial charge < -0.3 is 15.8 Å². The molecule has 2 rings (SSSR count). The fourth-order valence-corrected chi connectivity index (χ4v) is 2.07. The van der Waals surface area contributed by atoms with Crippen LogP contribution in [0.2, 0.25) is 0 Å².